The number of carboxylic acids is 1. The van der Waals surface area contributed by atoms with Gasteiger partial charge in [-0.25, -0.2) is 4.79 Å². The molecule has 0 saturated heterocycles. The second kappa shape index (κ2) is 8.60. The van der Waals surface area contributed by atoms with Crippen molar-refractivity contribution in [1.82, 2.24) is 4.40 Å². The quantitative estimate of drug-likeness (QED) is 0.342. The van der Waals surface area contributed by atoms with Crippen LogP contribution in [0.15, 0.2) is 71.5 Å². The minimum Gasteiger partial charge on any atom is -0.508 e. The van der Waals surface area contributed by atoms with Gasteiger partial charge in [-0.3, -0.25) is 9.20 Å². The molecule has 0 radical (unpaired) electrons. The first-order valence-electron chi connectivity index (χ1n) is 11.1. The molecule has 5 rings (SSSR count). The Bertz CT molecular complexity index is 1680. The molecule has 0 atom stereocenters. The molecule has 0 aliphatic heterocycles. The van der Waals surface area contributed by atoms with Crippen LogP contribution in [0, 0.1) is 6.92 Å². The summed E-state index contributed by atoms with van der Waals surface area (Å²) >= 11 is 1.28. The van der Waals surface area contributed by atoms with Crippen molar-refractivity contribution in [2.45, 2.75) is 13.3 Å². The van der Waals surface area contributed by atoms with Gasteiger partial charge in [-0.1, -0.05) is 42.5 Å². The number of anilines is 1. The van der Waals surface area contributed by atoms with Gasteiger partial charge < -0.3 is 15.1 Å². The van der Waals surface area contributed by atoms with E-state index in [4.69, 9.17) is 0 Å². The van der Waals surface area contributed by atoms with Crippen LogP contribution in [0.4, 0.5) is 5.69 Å². The lowest BCUT2D eigenvalue weighted by atomic mass is 9.98. The number of pyridine rings is 1. The van der Waals surface area contributed by atoms with Gasteiger partial charge in [0.25, 0.3) is 5.56 Å². The van der Waals surface area contributed by atoms with Crippen molar-refractivity contribution < 1.29 is 15.0 Å². The van der Waals surface area contributed by atoms with Gasteiger partial charge in [0.15, 0.2) is 5.69 Å². The van der Waals surface area contributed by atoms with Gasteiger partial charge in [-0.2, -0.15) is 0 Å². The van der Waals surface area contributed by atoms with Crippen LogP contribution in [-0.2, 0) is 6.42 Å². The van der Waals surface area contributed by atoms with Crippen molar-refractivity contribution in [3.8, 4) is 16.2 Å². The maximum Gasteiger partial charge on any atom is 0.354 e. The molecule has 0 fully saturated rings. The predicted molar refractivity (Wildman–Crippen MR) is 141 cm³/mol. The fourth-order valence-electron chi connectivity index (χ4n) is 4.63. The second-order valence-corrected chi connectivity index (χ2v) is 9.79. The summed E-state index contributed by atoms with van der Waals surface area (Å²) in [7, 11) is 3.80. The van der Waals surface area contributed by atoms with Crippen LogP contribution in [-0.4, -0.2) is 34.7 Å². The minimum atomic E-state index is -1.18. The zero-order chi connectivity index (χ0) is 24.9. The third kappa shape index (κ3) is 3.84. The Morgan fingerprint density at radius 2 is 1.74 bits per heavy atom. The SMILES string of the molecule is Cc1cc(-c2sc3c(N(C)C)c(Cc4cccc5ccccc45)cc(=O)n3c2C(=O)O)ccc1O. The number of aromatic hydroxyl groups is 1. The molecule has 2 heterocycles. The predicted octanol–water partition coefficient (Wildman–Crippen LogP) is 5.55. The standard InChI is InChI=1S/C28H24N2O4S/c1-16-13-19(11-12-22(16)31)26-25(28(33)34)30-23(32)15-20(24(29(2)3)27(30)35-26)14-18-9-6-8-17-7-4-5-10-21(17)18/h4-13,15,31H,14H2,1-3H3,(H,33,34). The number of aromatic carboxylic acids is 1. The molecule has 176 valence electrons. The van der Waals surface area contributed by atoms with E-state index in [1.807, 2.05) is 37.2 Å². The van der Waals surface area contributed by atoms with Gasteiger partial charge in [0.1, 0.15) is 10.6 Å². The molecule has 3 aromatic carbocycles. The first-order chi connectivity index (χ1) is 16.8. The molecule has 35 heavy (non-hydrogen) atoms. The topological polar surface area (TPSA) is 82.3 Å². The highest BCUT2D eigenvalue weighted by atomic mass is 32.1. The molecule has 2 aromatic heterocycles. The molecule has 6 nitrogen and oxygen atoms in total. The molecule has 0 saturated carbocycles. The van der Waals surface area contributed by atoms with Crippen molar-refractivity contribution in [2.75, 3.05) is 19.0 Å². The molecular weight excluding hydrogens is 460 g/mol. The van der Waals surface area contributed by atoms with Crippen LogP contribution < -0.4 is 10.5 Å². The molecular formula is C28H24N2O4S. The second-order valence-electron chi connectivity index (χ2n) is 8.79. The monoisotopic (exact) mass is 484 g/mol. The zero-order valence-corrected chi connectivity index (χ0v) is 20.4. The number of thiazole rings is 1. The summed E-state index contributed by atoms with van der Waals surface area (Å²) in [5, 5.41) is 22.3. The molecule has 2 N–H and O–H groups in total. The highest BCUT2D eigenvalue weighted by molar-refractivity contribution is 7.21. The zero-order valence-electron chi connectivity index (χ0n) is 19.6. The Hall–Kier alpha value is -4.10. The van der Waals surface area contributed by atoms with E-state index in [0.29, 0.717) is 27.3 Å². The summed E-state index contributed by atoms with van der Waals surface area (Å²) in [5.74, 6) is -1.04. The van der Waals surface area contributed by atoms with Crippen LogP contribution in [0.2, 0.25) is 0 Å². The molecule has 5 aromatic rings. The largest absolute Gasteiger partial charge is 0.508 e. The van der Waals surface area contributed by atoms with Gasteiger partial charge in [0, 0.05) is 26.6 Å². The van der Waals surface area contributed by atoms with E-state index in [9.17, 15) is 19.8 Å². The maximum atomic E-state index is 13.4. The summed E-state index contributed by atoms with van der Waals surface area (Å²) < 4.78 is 1.30. The lowest BCUT2D eigenvalue weighted by molar-refractivity contribution is 0.0690. The average molecular weight is 485 g/mol. The lowest BCUT2D eigenvalue weighted by Crippen LogP contribution is -2.22. The van der Waals surface area contributed by atoms with Crippen molar-refractivity contribution in [3.63, 3.8) is 0 Å². The number of phenols is 1. The molecule has 0 spiro atoms. The van der Waals surface area contributed by atoms with E-state index in [1.54, 1.807) is 31.2 Å². The Morgan fingerprint density at radius 3 is 2.46 bits per heavy atom. The van der Waals surface area contributed by atoms with E-state index in [0.717, 1.165) is 27.6 Å². The van der Waals surface area contributed by atoms with Gasteiger partial charge in [-0.05, 0) is 58.1 Å². The number of carbonyl (C=O) groups is 1. The van der Waals surface area contributed by atoms with E-state index in [1.165, 1.54) is 15.7 Å². The van der Waals surface area contributed by atoms with Crippen LogP contribution in [0.5, 0.6) is 5.75 Å². The maximum absolute atomic E-state index is 13.4. The molecule has 7 heteroatoms. The minimum absolute atomic E-state index is 0.0695. The summed E-state index contributed by atoms with van der Waals surface area (Å²) in [6.45, 7) is 1.76. The first kappa shape index (κ1) is 22.7. The normalized spacial score (nSPS) is 11.3. The lowest BCUT2D eigenvalue weighted by Gasteiger charge is -2.19. The number of aromatic nitrogens is 1. The van der Waals surface area contributed by atoms with Crippen molar-refractivity contribution in [3.05, 3.63) is 99.5 Å². The molecule has 0 amide bonds. The summed E-state index contributed by atoms with van der Waals surface area (Å²) in [4.78, 5) is 28.7. The number of aryl methyl sites for hydroxylation is 1. The van der Waals surface area contributed by atoms with Crippen LogP contribution in [0.3, 0.4) is 0 Å². The Balaban J connectivity index is 1.79. The highest BCUT2D eigenvalue weighted by Crippen LogP contribution is 2.39. The van der Waals surface area contributed by atoms with E-state index < -0.39 is 5.97 Å². The number of hydrogen-bond acceptors (Lipinski definition) is 5. The smallest absolute Gasteiger partial charge is 0.354 e. The van der Waals surface area contributed by atoms with Gasteiger partial charge in [0.05, 0.1) is 10.6 Å². The number of nitrogens with zero attached hydrogens (tertiary/aromatic N) is 2. The van der Waals surface area contributed by atoms with Crippen molar-refractivity contribution >= 4 is 38.6 Å². The van der Waals surface area contributed by atoms with Crippen molar-refractivity contribution in [2.24, 2.45) is 0 Å². The molecule has 0 aliphatic rings. The number of rotatable bonds is 5. The average Bonchev–Trinajstić information content (AvgIpc) is 3.22. The Kier molecular flexibility index (Phi) is 5.57. The van der Waals surface area contributed by atoms with Crippen molar-refractivity contribution in [1.29, 1.82) is 0 Å². The van der Waals surface area contributed by atoms with Gasteiger partial charge >= 0.3 is 5.97 Å². The summed E-state index contributed by atoms with van der Waals surface area (Å²) in [6.07, 6.45) is 0.536. The molecule has 0 unspecified atom stereocenters. The van der Waals surface area contributed by atoms with Gasteiger partial charge in [0.2, 0.25) is 0 Å². The van der Waals surface area contributed by atoms with Crippen LogP contribution >= 0.6 is 11.3 Å². The Labute approximate surface area is 205 Å². The van der Waals surface area contributed by atoms with E-state index in [-0.39, 0.29) is 17.0 Å². The fourth-order valence-corrected chi connectivity index (χ4v) is 6.02. The first-order valence-corrected chi connectivity index (χ1v) is 12.0. The number of hydrogen-bond donors (Lipinski definition) is 2. The number of fused-ring (bicyclic) bond motifs is 2. The number of phenolic OH excluding ortho intramolecular Hbond substituents is 1. The molecule has 0 aliphatic carbocycles. The highest BCUT2D eigenvalue weighted by Gasteiger charge is 2.25. The number of benzene rings is 3. The molecule has 0 bridgehead atoms. The van der Waals surface area contributed by atoms with Crippen LogP contribution in [0.1, 0.15) is 27.2 Å². The third-order valence-electron chi connectivity index (χ3n) is 6.23. The summed E-state index contributed by atoms with van der Waals surface area (Å²) in [5.41, 5.74) is 3.57. The number of carboxylic acid groups (broad SMARTS) is 1. The fraction of sp³-hybridized carbons (Fsp3) is 0.143. The summed E-state index contributed by atoms with van der Waals surface area (Å²) in [6, 6.07) is 20.8. The van der Waals surface area contributed by atoms with Gasteiger partial charge in [-0.15, -0.1) is 11.3 Å². The van der Waals surface area contributed by atoms with Crippen LogP contribution in [0.25, 0.3) is 26.0 Å². The Morgan fingerprint density at radius 1 is 1.00 bits per heavy atom. The van der Waals surface area contributed by atoms with E-state index in [2.05, 4.69) is 24.3 Å². The van der Waals surface area contributed by atoms with E-state index >= 15 is 0 Å². The third-order valence-corrected chi connectivity index (χ3v) is 7.44.